The summed E-state index contributed by atoms with van der Waals surface area (Å²) < 4.78 is 5.36. The average molecular weight is 446 g/mol. The van der Waals surface area contributed by atoms with Crippen LogP contribution in [-0.4, -0.2) is 22.8 Å². The molecule has 0 fully saturated rings. The molecule has 2 amide bonds. The Kier molecular flexibility index (Phi) is 8.30. The minimum atomic E-state index is -0.423. The number of aryl methyl sites for hydroxylation is 2. The fourth-order valence-electron chi connectivity index (χ4n) is 3.16. The molecule has 0 aliphatic rings. The quantitative estimate of drug-likeness (QED) is 0.377. The molecule has 0 aliphatic carbocycles. The van der Waals surface area contributed by atoms with Crippen molar-refractivity contribution in [1.82, 2.24) is 10.3 Å². The van der Waals surface area contributed by atoms with Gasteiger partial charge in [-0.05, 0) is 73.9 Å². The van der Waals surface area contributed by atoms with Crippen LogP contribution in [0.3, 0.4) is 0 Å². The SMILES string of the molecule is Cc1ccc(NC(=O)c2ccc(OC(=O)CCCC(=O)NCc3ccncc3)cc2C)cc1. The van der Waals surface area contributed by atoms with Crippen molar-refractivity contribution in [3.8, 4) is 5.75 Å². The first kappa shape index (κ1) is 23.7. The number of esters is 1. The molecule has 3 rings (SSSR count). The fourth-order valence-corrected chi connectivity index (χ4v) is 3.16. The van der Waals surface area contributed by atoms with E-state index in [0.717, 1.165) is 11.1 Å². The molecule has 0 aliphatic heterocycles. The summed E-state index contributed by atoms with van der Waals surface area (Å²) in [5.74, 6) is -0.411. The summed E-state index contributed by atoms with van der Waals surface area (Å²) >= 11 is 0. The molecular weight excluding hydrogens is 418 g/mol. The lowest BCUT2D eigenvalue weighted by Gasteiger charge is -2.10. The summed E-state index contributed by atoms with van der Waals surface area (Å²) in [4.78, 5) is 40.5. The molecule has 7 heteroatoms. The van der Waals surface area contributed by atoms with Crippen molar-refractivity contribution in [2.45, 2.75) is 39.7 Å². The lowest BCUT2D eigenvalue weighted by molar-refractivity contribution is -0.134. The van der Waals surface area contributed by atoms with Crippen LogP contribution in [-0.2, 0) is 16.1 Å². The Bertz CT molecular complexity index is 1110. The molecule has 0 unspecified atom stereocenters. The van der Waals surface area contributed by atoms with Crippen LogP contribution in [0.5, 0.6) is 5.75 Å². The first-order valence-corrected chi connectivity index (χ1v) is 10.8. The molecule has 2 N–H and O–H groups in total. The topological polar surface area (TPSA) is 97.4 Å². The molecule has 0 bridgehead atoms. The number of amides is 2. The van der Waals surface area contributed by atoms with E-state index in [-0.39, 0.29) is 24.7 Å². The van der Waals surface area contributed by atoms with E-state index < -0.39 is 5.97 Å². The van der Waals surface area contributed by atoms with Gasteiger partial charge in [-0.15, -0.1) is 0 Å². The number of anilines is 1. The van der Waals surface area contributed by atoms with Crippen LogP contribution in [0, 0.1) is 13.8 Å². The number of hydrogen-bond donors (Lipinski definition) is 2. The Morgan fingerprint density at radius 2 is 1.64 bits per heavy atom. The van der Waals surface area contributed by atoms with Crippen LogP contribution in [0.25, 0.3) is 0 Å². The molecule has 33 heavy (non-hydrogen) atoms. The zero-order valence-corrected chi connectivity index (χ0v) is 18.8. The van der Waals surface area contributed by atoms with Crippen molar-refractivity contribution in [2.24, 2.45) is 0 Å². The van der Waals surface area contributed by atoms with Gasteiger partial charge in [0.15, 0.2) is 0 Å². The predicted octanol–water partition coefficient (Wildman–Crippen LogP) is 4.34. The number of ether oxygens (including phenoxy) is 1. The molecule has 170 valence electrons. The van der Waals surface area contributed by atoms with Gasteiger partial charge < -0.3 is 15.4 Å². The second-order valence-electron chi connectivity index (χ2n) is 7.76. The van der Waals surface area contributed by atoms with E-state index >= 15 is 0 Å². The number of carbonyl (C=O) groups is 3. The van der Waals surface area contributed by atoms with E-state index in [1.165, 1.54) is 0 Å². The van der Waals surface area contributed by atoms with Crippen LogP contribution >= 0.6 is 0 Å². The standard InChI is InChI=1S/C26H27N3O4/c1-18-6-8-21(9-7-18)29-26(32)23-11-10-22(16-19(23)2)33-25(31)5-3-4-24(30)28-17-20-12-14-27-15-13-20/h6-16H,3-5,17H2,1-2H3,(H,28,30)(H,29,32). The zero-order chi connectivity index (χ0) is 23.6. The Hall–Kier alpha value is -4.00. The van der Waals surface area contributed by atoms with Crippen LogP contribution < -0.4 is 15.4 Å². The number of carbonyl (C=O) groups excluding carboxylic acids is 3. The van der Waals surface area contributed by atoms with E-state index in [9.17, 15) is 14.4 Å². The Balaban J connectivity index is 1.43. The summed E-state index contributed by atoms with van der Waals surface area (Å²) in [7, 11) is 0. The summed E-state index contributed by atoms with van der Waals surface area (Å²) in [5, 5.41) is 5.67. The van der Waals surface area contributed by atoms with Gasteiger partial charge >= 0.3 is 5.97 Å². The highest BCUT2D eigenvalue weighted by Gasteiger charge is 2.13. The van der Waals surface area contributed by atoms with Gasteiger partial charge in [0.25, 0.3) is 5.91 Å². The lowest BCUT2D eigenvalue weighted by atomic mass is 10.1. The van der Waals surface area contributed by atoms with Gasteiger partial charge in [-0.2, -0.15) is 0 Å². The lowest BCUT2D eigenvalue weighted by Crippen LogP contribution is -2.22. The minimum absolute atomic E-state index is 0.122. The molecule has 0 spiro atoms. The van der Waals surface area contributed by atoms with Crippen LogP contribution in [0.4, 0.5) is 5.69 Å². The van der Waals surface area contributed by atoms with Gasteiger partial charge in [0.2, 0.25) is 5.91 Å². The molecule has 3 aromatic rings. The average Bonchev–Trinajstić information content (AvgIpc) is 2.80. The second-order valence-corrected chi connectivity index (χ2v) is 7.76. The van der Waals surface area contributed by atoms with Crippen molar-refractivity contribution >= 4 is 23.5 Å². The van der Waals surface area contributed by atoms with Gasteiger partial charge in [-0.1, -0.05) is 17.7 Å². The first-order valence-electron chi connectivity index (χ1n) is 10.8. The van der Waals surface area contributed by atoms with Gasteiger partial charge in [0, 0.05) is 43.0 Å². The largest absolute Gasteiger partial charge is 0.427 e. The number of benzene rings is 2. The smallest absolute Gasteiger partial charge is 0.311 e. The summed E-state index contributed by atoms with van der Waals surface area (Å²) in [6.07, 6.45) is 4.08. The zero-order valence-electron chi connectivity index (χ0n) is 18.8. The number of aromatic nitrogens is 1. The van der Waals surface area contributed by atoms with Crippen molar-refractivity contribution < 1.29 is 19.1 Å². The Labute approximate surface area is 193 Å². The summed E-state index contributed by atoms with van der Waals surface area (Å²) in [6.45, 7) is 4.19. The summed E-state index contributed by atoms with van der Waals surface area (Å²) in [6, 6.07) is 16.1. The van der Waals surface area contributed by atoms with E-state index in [2.05, 4.69) is 15.6 Å². The summed E-state index contributed by atoms with van der Waals surface area (Å²) in [5.41, 5.74) is 3.98. The number of nitrogens with one attached hydrogen (secondary N) is 2. The van der Waals surface area contributed by atoms with E-state index in [1.807, 2.05) is 43.3 Å². The van der Waals surface area contributed by atoms with Gasteiger partial charge in [-0.25, -0.2) is 0 Å². The van der Waals surface area contributed by atoms with Gasteiger partial charge in [-0.3, -0.25) is 19.4 Å². The van der Waals surface area contributed by atoms with E-state index in [0.29, 0.717) is 35.5 Å². The molecule has 0 atom stereocenters. The molecular formula is C26H27N3O4. The molecule has 7 nitrogen and oxygen atoms in total. The maximum atomic E-state index is 12.5. The molecule has 1 aromatic heterocycles. The first-order chi connectivity index (χ1) is 15.9. The van der Waals surface area contributed by atoms with Crippen LogP contribution in [0.1, 0.15) is 46.3 Å². The maximum absolute atomic E-state index is 12.5. The minimum Gasteiger partial charge on any atom is -0.427 e. The number of hydrogen-bond acceptors (Lipinski definition) is 5. The van der Waals surface area contributed by atoms with Gasteiger partial charge in [0.05, 0.1) is 0 Å². The van der Waals surface area contributed by atoms with Gasteiger partial charge in [0.1, 0.15) is 5.75 Å². The maximum Gasteiger partial charge on any atom is 0.311 e. The van der Waals surface area contributed by atoms with Crippen LogP contribution in [0.2, 0.25) is 0 Å². The van der Waals surface area contributed by atoms with E-state index in [1.54, 1.807) is 37.5 Å². The normalized spacial score (nSPS) is 10.4. The Morgan fingerprint density at radius 3 is 2.33 bits per heavy atom. The molecule has 0 saturated carbocycles. The molecule has 0 saturated heterocycles. The van der Waals surface area contributed by atoms with Crippen molar-refractivity contribution in [1.29, 1.82) is 0 Å². The third-order valence-corrected chi connectivity index (χ3v) is 5.01. The highest BCUT2D eigenvalue weighted by atomic mass is 16.5. The molecule has 1 heterocycles. The monoisotopic (exact) mass is 445 g/mol. The Morgan fingerprint density at radius 1 is 0.909 bits per heavy atom. The molecule has 0 radical (unpaired) electrons. The third kappa shape index (κ3) is 7.57. The highest BCUT2D eigenvalue weighted by molar-refractivity contribution is 6.05. The third-order valence-electron chi connectivity index (χ3n) is 5.01. The predicted molar refractivity (Wildman–Crippen MR) is 126 cm³/mol. The number of pyridine rings is 1. The fraction of sp³-hybridized carbons (Fsp3) is 0.231. The highest BCUT2D eigenvalue weighted by Crippen LogP contribution is 2.20. The number of rotatable bonds is 9. The number of nitrogens with zero attached hydrogens (tertiary/aromatic N) is 1. The van der Waals surface area contributed by atoms with E-state index in [4.69, 9.17) is 4.74 Å². The van der Waals surface area contributed by atoms with Crippen LogP contribution in [0.15, 0.2) is 67.0 Å². The van der Waals surface area contributed by atoms with Crippen molar-refractivity contribution in [3.63, 3.8) is 0 Å². The van der Waals surface area contributed by atoms with Crippen molar-refractivity contribution in [3.05, 3.63) is 89.2 Å². The van der Waals surface area contributed by atoms with Crippen molar-refractivity contribution in [2.75, 3.05) is 5.32 Å². The molecule has 2 aromatic carbocycles. The second kappa shape index (κ2) is 11.6.